The highest BCUT2D eigenvalue weighted by Crippen LogP contribution is 2.28. The Morgan fingerprint density at radius 3 is 2.38 bits per heavy atom. The number of halogens is 2. The fraction of sp³-hybridized carbons (Fsp3) is 0.176. The smallest absolute Gasteiger partial charge is 0.305 e. The number of hydrogen-bond donors (Lipinski definition) is 2. The van der Waals surface area contributed by atoms with Crippen molar-refractivity contribution in [2.45, 2.75) is 12.8 Å². The fourth-order valence-electron chi connectivity index (χ4n) is 2.23. The maximum Gasteiger partial charge on any atom is 0.305 e. The number of carbonyl (C=O) groups is 2. The predicted octanol–water partition coefficient (Wildman–Crippen LogP) is 3.93. The van der Waals surface area contributed by atoms with Gasteiger partial charge in [-0.2, -0.15) is 0 Å². The van der Waals surface area contributed by atoms with Gasteiger partial charge in [0, 0.05) is 17.8 Å². The average molecular weight is 367 g/mol. The number of methoxy groups -OCH3 is 1. The number of nitrogens with two attached hydrogens (primary N) is 1. The maximum atomic E-state index is 12.5. The number of benzene rings is 2. The van der Waals surface area contributed by atoms with Crippen LogP contribution >= 0.6 is 23.2 Å². The molecule has 7 heteroatoms. The van der Waals surface area contributed by atoms with Crippen LogP contribution in [0.3, 0.4) is 0 Å². The molecule has 2 rings (SSSR count). The zero-order valence-corrected chi connectivity index (χ0v) is 14.4. The lowest BCUT2D eigenvalue weighted by Crippen LogP contribution is -2.15. The lowest BCUT2D eigenvalue weighted by Gasteiger charge is -2.14. The summed E-state index contributed by atoms with van der Waals surface area (Å²) in [5, 5.41) is 3.25. The largest absolute Gasteiger partial charge is 0.469 e. The van der Waals surface area contributed by atoms with Crippen molar-refractivity contribution in [1.29, 1.82) is 0 Å². The first kappa shape index (κ1) is 18.1. The van der Waals surface area contributed by atoms with Crippen molar-refractivity contribution < 1.29 is 14.3 Å². The molecule has 0 spiro atoms. The van der Waals surface area contributed by atoms with Gasteiger partial charge in [0.05, 0.1) is 22.7 Å². The maximum absolute atomic E-state index is 12.5. The molecule has 0 unspecified atom stereocenters. The average Bonchev–Trinajstić information content (AvgIpc) is 2.53. The Morgan fingerprint density at radius 1 is 1.12 bits per heavy atom. The Kier molecular flexibility index (Phi) is 6.06. The molecule has 5 nitrogen and oxygen atoms in total. The Labute approximate surface area is 149 Å². The van der Waals surface area contributed by atoms with Gasteiger partial charge in [-0.15, -0.1) is 0 Å². The molecule has 0 radical (unpaired) electrons. The lowest BCUT2D eigenvalue weighted by molar-refractivity contribution is -0.140. The summed E-state index contributed by atoms with van der Waals surface area (Å²) < 4.78 is 4.63. The zero-order valence-electron chi connectivity index (χ0n) is 12.9. The first-order valence-corrected chi connectivity index (χ1v) is 7.89. The van der Waals surface area contributed by atoms with Crippen LogP contribution in [-0.2, 0) is 16.0 Å². The number of anilines is 2. The first-order valence-electron chi connectivity index (χ1n) is 7.13. The van der Waals surface area contributed by atoms with Crippen molar-refractivity contribution in [3.8, 4) is 0 Å². The molecular formula is C17H16Cl2N2O3. The van der Waals surface area contributed by atoms with Crippen LogP contribution in [0.4, 0.5) is 11.4 Å². The molecule has 0 atom stereocenters. The normalized spacial score (nSPS) is 10.3. The van der Waals surface area contributed by atoms with Gasteiger partial charge in [-0.1, -0.05) is 35.3 Å². The second-order valence-electron chi connectivity index (χ2n) is 5.00. The van der Waals surface area contributed by atoms with E-state index in [1.54, 1.807) is 36.4 Å². The van der Waals surface area contributed by atoms with Gasteiger partial charge in [0.1, 0.15) is 0 Å². The molecule has 0 aromatic heterocycles. The number of rotatable bonds is 5. The molecule has 0 aliphatic rings. The van der Waals surface area contributed by atoms with Crippen LogP contribution in [0.2, 0.25) is 10.0 Å². The van der Waals surface area contributed by atoms with Crippen molar-refractivity contribution in [2.75, 3.05) is 18.2 Å². The van der Waals surface area contributed by atoms with E-state index < -0.39 is 5.91 Å². The highest BCUT2D eigenvalue weighted by atomic mass is 35.5. The third kappa shape index (κ3) is 4.19. The number of amides is 1. The zero-order chi connectivity index (χ0) is 17.7. The molecule has 0 saturated heterocycles. The monoisotopic (exact) mass is 366 g/mol. The van der Waals surface area contributed by atoms with E-state index in [4.69, 9.17) is 28.9 Å². The third-order valence-electron chi connectivity index (χ3n) is 3.46. The van der Waals surface area contributed by atoms with Crippen LogP contribution in [-0.4, -0.2) is 19.0 Å². The molecule has 0 aliphatic carbocycles. The quantitative estimate of drug-likeness (QED) is 0.620. The van der Waals surface area contributed by atoms with Crippen LogP contribution < -0.4 is 11.1 Å². The number of carbonyl (C=O) groups excluding carboxylic acids is 2. The fourth-order valence-corrected chi connectivity index (χ4v) is 2.80. The van der Waals surface area contributed by atoms with Gasteiger partial charge in [-0.25, -0.2) is 0 Å². The topological polar surface area (TPSA) is 81.4 Å². The highest BCUT2D eigenvalue weighted by Gasteiger charge is 2.17. The Morgan fingerprint density at radius 2 is 1.75 bits per heavy atom. The summed E-state index contributed by atoms with van der Waals surface area (Å²) in [6.07, 6.45) is 0.492. The van der Waals surface area contributed by atoms with Crippen LogP contribution in [0, 0.1) is 0 Å². The second-order valence-corrected chi connectivity index (χ2v) is 5.81. The summed E-state index contributed by atoms with van der Waals surface area (Å²) in [4.78, 5) is 23.9. The van der Waals surface area contributed by atoms with E-state index in [2.05, 4.69) is 10.1 Å². The van der Waals surface area contributed by atoms with E-state index in [9.17, 15) is 9.59 Å². The minimum absolute atomic E-state index is 0.153. The summed E-state index contributed by atoms with van der Waals surface area (Å²) in [7, 11) is 1.32. The van der Waals surface area contributed by atoms with Crippen molar-refractivity contribution in [1.82, 2.24) is 0 Å². The van der Waals surface area contributed by atoms with E-state index in [0.29, 0.717) is 23.4 Å². The molecule has 0 bridgehead atoms. The van der Waals surface area contributed by atoms with Gasteiger partial charge in [0.2, 0.25) is 0 Å². The Hall–Kier alpha value is -2.24. The van der Waals surface area contributed by atoms with Gasteiger partial charge in [-0.05, 0) is 36.2 Å². The molecule has 2 aromatic carbocycles. The van der Waals surface area contributed by atoms with Crippen LogP contribution in [0.15, 0.2) is 36.4 Å². The van der Waals surface area contributed by atoms with Crippen molar-refractivity contribution in [3.63, 3.8) is 0 Å². The highest BCUT2D eigenvalue weighted by molar-refractivity contribution is 6.40. The number of ether oxygens (including phenoxy) is 1. The van der Waals surface area contributed by atoms with Crippen molar-refractivity contribution in [3.05, 3.63) is 57.6 Å². The molecule has 0 fully saturated rings. The third-order valence-corrected chi connectivity index (χ3v) is 4.09. The number of hydrogen-bond acceptors (Lipinski definition) is 4. The standard InChI is InChI=1S/C17H16Cl2N2O3/c1-24-15(22)9-8-10-13(20)6-3-7-14(10)21-17(23)16-11(18)4-2-5-12(16)19/h2-7H,8-9,20H2,1H3,(H,21,23). The number of esters is 1. The minimum atomic E-state index is -0.449. The van der Waals surface area contributed by atoms with E-state index in [1.807, 2.05) is 0 Å². The molecule has 0 saturated carbocycles. The number of nitrogens with one attached hydrogen (secondary N) is 1. The minimum Gasteiger partial charge on any atom is -0.469 e. The van der Waals surface area contributed by atoms with Crippen LogP contribution in [0.25, 0.3) is 0 Å². The summed E-state index contributed by atoms with van der Waals surface area (Å²) in [5.41, 5.74) is 7.78. The van der Waals surface area contributed by atoms with Crippen LogP contribution in [0.1, 0.15) is 22.3 Å². The van der Waals surface area contributed by atoms with E-state index >= 15 is 0 Å². The molecule has 126 valence electrons. The summed E-state index contributed by atoms with van der Waals surface area (Å²) in [6.45, 7) is 0. The SMILES string of the molecule is COC(=O)CCc1c(N)cccc1NC(=O)c1c(Cl)cccc1Cl. The molecule has 24 heavy (non-hydrogen) atoms. The lowest BCUT2D eigenvalue weighted by atomic mass is 10.0. The predicted molar refractivity (Wildman–Crippen MR) is 95.6 cm³/mol. The van der Waals surface area contributed by atoms with E-state index in [-0.39, 0.29) is 28.0 Å². The van der Waals surface area contributed by atoms with E-state index in [0.717, 1.165) is 0 Å². The van der Waals surface area contributed by atoms with Gasteiger partial charge >= 0.3 is 5.97 Å². The molecular weight excluding hydrogens is 351 g/mol. The summed E-state index contributed by atoms with van der Waals surface area (Å²) in [5.74, 6) is -0.805. The molecule has 1 amide bonds. The van der Waals surface area contributed by atoms with Gasteiger partial charge in [0.15, 0.2) is 0 Å². The second kappa shape index (κ2) is 8.04. The van der Waals surface area contributed by atoms with Crippen LogP contribution in [0.5, 0.6) is 0 Å². The Bertz CT molecular complexity index is 758. The van der Waals surface area contributed by atoms with Crippen molar-refractivity contribution in [2.24, 2.45) is 0 Å². The van der Waals surface area contributed by atoms with Gasteiger partial charge in [-0.3, -0.25) is 9.59 Å². The van der Waals surface area contributed by atoms with Gasteiger partial charge < -0.3 is 15.8 Å². The Balaban J connectivity index is 2.28. The summed E-state index contributed by atoms with van der Waals surface area (Å²) >= 11 is 12.1. The molecule has 0 aliphatic heterocycles. The molecule has 3 N–H and O–H groups in total. The first-order chi connectivity index (χ1) is 11.4. The van der Waals surface area contributed by atoms with E-state index in [1.165, 1.54) is 7.11 Å². The van der Waals surface area contributed by atoms with Crippen molar-refractivity contribution >= 4 is 46.5 Å². The molecule has 0 heterocycles. The number of nitrogen functional groups attached to an aromatic ring is 1. The van der Waals surface area contributed by atoms with Gasteiger partial charge in [0.25, 0.3) is 5.91 Å². The summed E-state index contributed by atoms with van der Waals surface area (Å²) in [6, 6.07) is 9.93. The molecule has 2 aromatic rings.